The molecule has 2 saturated carbocycles. The van der Waals surface area contributed by atoms with Gasteiger partial charge in [-0.25, -0.2) is 13.6 Å². The lowest BCUT2D eigenvalue weighted by molar-refractivity contribution is 0.0618. The maximum absolute atomic E-state index is 15.2. The Morgan fingerprint density at radius 1 is 1.21 bits per heavy atom. The number of hydrogen-bond acceptors (Lipinski definition) is 3. The van der Waals surface area contributed by atoms with Crippen molar-refractivity contribution < 1.29 is 28.5 Å². The lowest BCUT2D eigenvalue weighted by atomic mass is 9.61. The zero-order valence-electron chi connectivity index (χ0n) is 19.2. The van der Waals surface area contributed by atoms with Gasteiger partial charge in [-0.05, 0) is 61.9 Å². The van der Waals surface area contributed by atoms with Crippen molar-refractivity contribution in [3.8, 4) is 5.75 Å². The molecule has 1 unspecified atom stereocenters. The average Bonchev–Trinajstić information content (AvgIpc) is 2.94. The van der Waals surface area contributed by atoms with E-state index in [2.05, 4.69) is 0 Å². The first-order valence-corrected chi connectivity index (χ1v) is 12.1. The smallest absolute Gasteiger partial charge is 0.336 e. The van der Waals surface area contributed by atoms with E-state index in [-0.39, 0.29) is 35.7 Å². The summed E-state index contributed by atoms with van der Waals surface area (Å²) >= 11 is 0. The number of aliphatic hydroxyl groups excluding tert-OH is 1. The number of aliphatic hydroxyl groups is 1. The lowest BCUT2D eigenvalue weighted by Crippen LogP contribution is -2.44. The van der Waals surface area contributed by atoms with Gasteiger partial charge in [0.15, 0.2) is 0 Å². The van der Waals surface area contributed by atoms with E-state index >= 15 is 4.39 Å². The summed E-state index contributed by atoms with van der Waals surface area (Å²) in [5.41, 5.74) is 2.21. The Bertz CT molecular complexity index is 1110. The van der Waals surface area contributed by atoms with Gasteiger partial charge in [0, 0.05) is 29.2 Å². The van der Waals surface area contributed by atoms with Crippen molar-refractivity contribution in [2.45, 2.75) is 69.2 Å². The van der Waals surface area contributed by atoms with Crippen molar-refractivity contribution in [2.24, 2.45) is 11.8 Å². The number of aromatic carboxylic acids is 1. The third kappa shape index (κ3) is 3.82. The molecular weight excluding hydrogens is 438 g/mol. The molecule has 5 rings (SSSR count). The second kappa shape index (κ2) is 8.81. The summed E-state index contributed by atoms with van der Waals surface area (Å²) in [6, 6.07) is 9.72. The zero-order valence-corrected chi connectivity index (χ0v) is 19.2. The van der Waals surface area contributed by atoms with Gasteiger partial charge in [-0.15, -0.1) is 0 Å². The van der Waals surface area contributed by atoms with Crippen molar-refractivity contribution in [2.75, 3.05) is 0 Å². The molecule has 0 spiro atoms. The van der Waals surface area contributed by atoms with Gasteiger partial charge in [0.05, 0.1) is 11.7 Å². The van der Waals surface area contributed by atoms with Gasteiger partial charge in [-0.3, -0.25) is 0 Å². The van der Waals surface area contributed by atoms with Gasteiger partial charge in [-0.2, -0.15) is 0 Å². The summed E-state index contributed by atoms with van der Waals surface area (Å²) in [6.07, 6.45) is 5.63. The van der Waals surface area contributed by atoms with Gasteiger partial charge < -0.3 is 14.9 Å². The topological polar surface area (TPSA) is 66.8 Å². The first-order chi connectivity index (χ1) is 16.3. The third-order valence-electron chi connectivity index (χ3n) is 8.33. The molecule has 6 heteroatoms. The summed E-state index contributed by atoms with van der Waals surface area (Å²) in [5, 5.41) is 20.6. The quantitative estimate of drug-likeness (QED) is 0.566. The van der Waals surface area contributed by atoms with Gasteiger partial charge in [0.25, 0.3) is 0 Å². The summed E-state index contributed by atoms with van der Waals surface area (Å²) in [6.45, 7) is 1.74. The largest absolute Gasteiger partial charge is 0.489 e. The van der Waals surface area contributed by atoms with E-state index in [1.165, 1.54) is 12.1 Å². The molecule has 1 aliphatic heterocycles. The Balaban J connectivity index is 1.36. The number of alkyl halides is 1. The Morgan fingerprint density at radius 2 is 1.94 bits per heavy atom. The highest BCUT2D eigenvalue weighted by molar-refractivity contribution is 5.90. The van der Waals surface area contributed by atoms with Gasteiger partial charge >= 0.3 is 5.97 Å². The van der Waals surface area contributed by atoms with Crippen LogP contribution in [0.25, 0.3) is 0 Å². The molecule has 3 aliphatic rings. The minimum atomic E-state index is -1.09. The third-order valence-corrected chi connectivity index (χ3v) is 8.33. The highest BCUT2D eigenvalue weighted by Crippen LogP contribution is 2.48. The molecule has 4 nitrogen and oxygen atoms in total. The molecule has 0 amide bonds. The van der Waals surface area contributed by atoms with Crippen LogP contribution < -0.4 is 4.74 Å². The average molecular weight is 469 g/mol. The van der Waals surface area contributed by atoms with E-state index in [9.17, 15) is 19.4 Å². The number of rotatable bonds is 5. The molecule has 34 heavy (non-hydrogen) atoms. The van der Waals surface area contributed by atoms with Crippen LogP contribution in [0.2, 0.25) is 0 Å². The molecule has 2 N–H and O–H groups in total. The van der Waals surface area contributed by atoms with Crippen LogP contribution in [0.3, 0.4) is 0 Å². The molecule has 2 aromatic carbocycles. The molecular formula is C28H30F2O4. The fourth-order valence-electron chi connectivity index (χ4n) is 6.17. The number of benzene rings is 2. The maximum atomic E-state index is 15.2. The molecule has 0 radical (unpaired) electrons. The molecule has 0 aromatic heterocycles. The highest BCUT2D eigenvalue weighted by Gasteiger charge is 2.47. The van der Waals surface area contributed by atoms with Gasteiger partial charge in [0.1, 0.15) is 23.8 Å². The highest BCUT2D eigenvalue weighted by atomic mass is 19.1. The lowest BCUT2D eigenvalue weighted by Gasteiger charge is -2.45. The Morgan fingerprint density at radius 3 is 2.59 bits per heavy atom. The minimum Gasteiger partial charge on any atom is -0.489 e. The summed E-state index contributed by atoms with van der Waals surface area (Å²) in [7, 11) is 0. The monoisotopic (exact) mass is 468 g/mol. The van der Waals surface area contributed by atoms with Crippen molar-refractivity contribution in [1.82, 2.24) is 0 Å². The predicted molar refractivity (Wildman–Crippen MR) is 124 cm³/mol. The van der Waals surface area contributed by atoms with Crippen molar-refractivity contribution >= 4 is 5.97 Å². The van der Waals surface area contributed by atoms with E-state index in [1.807, 2.05) is 6.08 Å². The molecule has 0 saturated heterocycles. The van der Waals surface area contributed by atoms with Crippen LogP contribution in [0.4, 0.5) is 8.78 Å². The van der Waals surface area contributed by atoms with E-state index in [0.29, 0.717) is 17.7 Å². The molecule has 5 atom stereocenters. The molecule has 2 aliphatic carbocycles. The van der Waals surface area contributed by atoms with E-state index in [4.69, 9.17) is 4.74 Å². The van der Waals surface area contributed by atoms with Crippen LogP contribution in [-0.4, -0.2) is 34.6 Å². The predicted octanol–water partition coefficient (Wildman–Crippen LogP) is 5.54. The van der Waals surface area contributed by atoms with E-state index in [0.717, 1.165) is 36.8 Å². The van der Waals surface area contributed by atoms with Crippen LogP contribution in [0, 0.1) is 24.6 Å². The SMILES string of the molecule is Cc1c(C(=O)O)ccc2c1O[C@H]1C[C@@H](F)[C@H](/C=C/C(O)C3(c4ccc(F)cc4)CCC3)[C@H]1CC2. The summed E-state index contributed by atoms with van der Waals surface area (Å²) in [5.74, 6) is -1.16. The van der Waals surface area contributed by atoms with Crippen LogP contribution in [0.15, 0.2) is 48.6 Å². The van der Waals surface area contributed by atoms with Gasteiger partial charge in [0.2, 0.25) is 0 Å². The Hall–Kier alpha value is -2.73. The van der Waals surface area contributed by atoms with Crippen LogP contribution in [0.5, 0.6) is 5.75 Å². The van der Waals surface area contributed by atoms with E-state index < -0.39 is 23.7 Å². The summed E-state index contributed by atoms with van der Waals surface area (Å²) in [4.78, 5) is 11.5. The number of carboxylic acids is 1. The Kier molecular flexibility index (Phi) is 5.96. The number of carboxylic acid groups (broad SMARTS) is 1. The standard InChI is InChI=1S/C28H30F2O4/c1-16-20(27(32)33)9-3-17-4-10-22-21(23(30)15-24(22)34-26(16)17)11-12-25(31)28(13-2-14-28)18-5-7-19(29)8-6-18/h3,5-9,11-12,21-25,31H,2,4,10,13-15H2,1H3,(H,32,33)/b12-11+/t21-,22-,23-,24+,25?/m1/s1. The Labute approximate surface area is 198 Å². The molecule has 180 valence electrons. The normalized spacial score (nSPS) is 28.4. The zero-order chi connectivity index (χ0) is 24.0. The molecule has 1 heterocycles. The maximum Gasteiger partial charge on any atom is 0.336 e. The number of hydrogen-bond donors (Lipinski definition) is 2. The first kappa shape index (κ1) is 23.0. The second-order valence-electron chi connectivity index (χ2n) is 10.1. The molecule has 0 bridgehead atoms. The van der Waals surface area contributed by atoms with Crippen molar-refractivity contribution in [3.63, 3.8) is 0 Å². The first-order valence-electron chi connectivity index (χ1n) is 12.1. The summed E-state index contributed by atoms with van der Waals surface area (Å²) < 4.78 is 34.8. The van der Waals surface area contributed by atoms with Crippen LogP contribution in [-0.2, 0) is 11.8 Å². The second-order valence-corrected chi connectivity index (χ2v) is 10.1. The van der Waals surface area contributed by atoms with E-state index in [1.54, 1.807) is 37.3 Å². The number of fused-ring (bicyclic) bond motifs is 2. The molecule has 2 aromatic rings. The molecule has 2 fully saturated rings. The van der Waals surface area contributed by atoms with Gasteiger partial charge in [-0.1, -0.05) is 36.8 Å². The fourth-order valence-corrected chi connectivity index (χ4v) is 6.17. The van der Waals surface area contributed by atoms with Crippen LogP contribution in [0.1, 0.15) is 59.2 Å². The van der Waals surface area contributed by atoms with Crippen LogP contribution >= 0.6 is 0 Å². The van der Waals surface area contributed by atoms with Crippen molar-refractivity contribution in [1.29, 1.82) is 0 Å². The number of carbonyl (C=O) groups is 1. The minimum absolute atomic E-state index is 0.0540. The number of aryl methyl sites for hydroxylation is 1. The fraction of sp³-hybridized carbons (Fsp3) is 0.464. The number of halogens is 2. The van der Waals surface area contributed by atoms with Crippen molar-refractivity contribution in [3.05, 3.63) is 76.6 Å². The number of allylic oxidation sites excluding steroid dienone is 1. The number of ether oxygens (including phenoxy) is 1.